The number of ether oxygens (including phenoxy) is 1. The van der Waals surface area contributed by atoms with Gasteiger partial charge in [0.05, 0.1) is 25.4 Å². The lowest BCUT2D eigenvalue weighted by Gasteiger charge is -2.39. The summed E-state index contributed by atoms with van der Waals surface area (Å²) in [4.78, 5) is 12.9. The van der Waals surface area contributed by atoms with Gasteiger partial charge in [0.25, 0.3) is 0 Å². The quantitative estimate of drug-likeness (QED) is 0.333. The summed E-state index contributed by atoms with van der Waals surface area (Å²) >= 11 is 0. The van der Waals surface area contributed by atoms with Crippen molar-refractivity contribution in [2.24, 2.45) is 17.8 Å². The number of aliphatic hydroxyl groups excluding tert-OH is 4. The molecule has 0 spiro atoms. The zero-order chi connectivity index (χ0) is 21.1. The van der Waals surface area contributed by atoms with Crippen molar-refractivity contribution in [2.45, 2.75) is 103 Å². The van der Waals surface area contributed by atoms with Crippen molar-refractivity contribution >= 4 is 5.78 Å². The molecule has 0 aromatic rings. The van der Waals surface area contributed by atoms with Gasteiger partial charge in [-0.3, -0.25) is 4.79 Å². The number of hydrogen-bond donors (Lipinski definition) is 4. The number of aliphatic hydroxyl groups is 4. The zero-order valence-corrected chi connectivity index (χ0v) is 17.9. The summed E-state index contributed by atoms with van der Waals surface area (Å²) in [6.07, 6.45) is 4.97. The van der Waals surface area contributed by atoms with Crippen LogP contribution in [0.2, 0.25) is 0 Å². The second-order valence-electron chi connectivity index (χ2n) is 8.48. The van der Waals surface area contributed by atoms with E-state index in [9.17, 15) is 25.2 Å². The Morgan fingerprint density at radius 3 is 2.18 bits per heavy atom. The van der Waals surface area contributed by atoms with Crippen molar-refractivity contribution < 1.29 is 30.0 Å². The van der Waals surface area contributed by atoms with Gasteiger partial charge in [0.2, 0.25) is 0 Å². The van der Waals surface area contributed by atoms with Crippen molar-refractivity contribution in [2.75, 3.05) is 13.2 Å². The first-order valence-electron chi connectivity index (χ1n) is 11.1. The molecule has 0 saturated heterocycles. The van der Waals surface area contributed by atoms with E-state index in [-0.39, 0.29) is 12.4 Å². The van der Waals surface area contributed by atoms with Gasteiger partial charge in [-0.2, -0.15) is 0 Å². The maximum absolute atomic E-state index is 12.9. The molecule has 0 aliphatic heterocycles. The van der Waals surface area contributed by atoms with Gasteiger partial charge in [0.15, 0.2) is 0 Å². The monoisotopic (exact) mass is 402 g/mol. The molecule has 7 atom stereocenters. The van der Waals surface area contributed by atoms with Crippen LogP contribution >= 0.6 is 0 Å². The number of carbonyl (C=O) groups excluding carboxylic acids is 1. The zero-order valence-electron chi connectivity index (χ0n) is 17.9. The smallest absolute Gasteiger partial charge is 0.138 e. The van der Waals surface area contributed by atoms with E-state index in [4.69, 9.17) is 4.74 Å². The molecule has 0 heterocycles. The fourth-order valence-corrected chi connectivity index (χ4v) is 4.43. The maximum Gasteiger partial charge on any atom is 0.138 e. The van der Waals surface area contributed by atoms with Crippen LogP contribution in [0.3, 0.4) is 0 Å². The minimum absolute atomic E-state index is 0.108. The average molecular weight is 403 g/mol. The lowest BCUT2D eigenvalue weighted by molar-refractivity contribution is -0.163. The summed E-state index contributed by atoms with van der Waals surface area (Å²) < 4.78 is 5.74. The highest BCUT2D eigenvalue weighted by Gasteiger charge is 2.41. The highest BCUT2D eigenvalue weighted by Crippen LogP contribution is 2.40. The summed E-state index contributed by atoms with van der Waals surface area (Å²) in [6, 6.07) is 0. The minimum Gasteiger partial charge on any atom is -0.394 e. The van der Waals surface area contributed by atoms with Gasteiger partial charge in [0.1, 0.15) is 18.0 Å². The van der Waals surface area contributed by atoms with Crippen LogP contribution in [0.25, 0.3) is 0 Å². The number of rotatable bonds is 14. The molecular formula is C22H42O6. The number of ketones is 1. The molecule has 1 aliphatic carbocycles. The minimum atomic E-state index is -1.27. The Balaban J connectivity index is 2.84. The molecular weight excluding hydrogens is 360 g/mol. The van der Waals surface area contributed by atoms with Gasteiger partial charge in [-0.25, -0.2) is 0 Å². The number of carbonyl (C=O) groups is 1. The van der Waals surface area contributed by atoms with E-state index in [1.54, 1.807) is 0 Å². The van der Waals surface area contributed by atoms with Gasteiger partial charge in [-0.1, -0.05) is 52.4 Å². The largest absolute Gasteiger partial charge is 0.394 e. The predicted molar refractivity (Wildman–Crippen MR) is 109 cm³/mol. The summed E-state index contributed by atoms with van der Waals surface area (Å²) in [5.41, 5.74) is 0. The van der Waals surface area contributed by atoms with E-state index >= 15 is 0 Å². The van der Waals surface area contributed by atoms with Gasteiger partial charge < -0.3 is 25.2 Å². The average Bonchev–Trinajstić information content (AvgIpc) is 2.68. The van der Waals surface area contributed by atoms with Gasteiger partial charge in [0, 0.05) is 12.3 Å². The standard InChI is InChI=1S/C22H42O6/c1-4-6-8-10-17-12-19(26)18(11-16(17)9-7-5-2)20(13-23)28-21(14-24)22(27)15(3)25/h15-18,20-25,27H,4-14H2,1-3H3. The van der Waals surface area contributed by atoms with Crippen LogP contribution < -0.4 is 0 Å². The highest BCUT2D eigenvalue weighted by atomic mass is 16.5. The third-order valence-corrected chi connectivity index (χ3v) is 6.24. The molecule has 7 unspecified atom stereocenters. The van der Waals surface area contributed by atoms with E-state index < -0.39 is 36.9 Å². The molecule has 1 saturated carbocycles. The van der Waals surface area contributed by atoms with Crippen molar-refractivity contribution in [3.8, 4) is 0 Å². The van der Waals surface area contributed by atoms with Crippen LogP contribution in [0, 0.1) is 17.8 Å². The van der Waals surface area contributed by atoms with Gasteiger partial charge >= 0.3 is 0 Å². The Morgan fingerprint density at radius 1 is 1.00 bits per heavy atom. The van der Waals surface area contributed by atoms with E-state index in [0.717, 1.165) is 38.5 Å². The van der Waals surface area contributed by atoms with E-state index in [0.29, 0.717) is 24.7 Å². The molecule has 0 aromatic carbocycles. The summed E-state index contributed by atoms with van der Waals surface area (Å²) in [7, 11) is 0. The van der Waals surface area contributed by atoms with Crippen LogP contribution in [0.5, 0.6) is 0 Å². The topological polar surface area (TPSA) is 107 Å². The van der Waals surface area contributed by atoms with Crippen molar-refractivity contribution in [3.63, 3.8) is 0 Å². The lowest BCUT2D eigenvalue weighted by atomic mass is 9.68. The normalized spacial score (nSPS) is 27.4. The molecule has 1 rings (SSSR count). The fourth-order valence-electron chi connectivity index (χ4n) is 4.43. The number of hydrogen-bond acceptors (Lipinski definition) is 6. The van der Waals surface area contributed by atoms with Crippen molar-refractivity contribution in [1.82, 2.24) is 0 Å². The lowest BCUT2D eigenvalue weighted by Crippen LogP contribution is -2.47. The molecule has 1 fully saturated rings. The van der Waals surface area contributed by atoms with Crippen LogP contribution in [-0.2, 0) is 9.53 Å². The van der Waals surface area contributed by atoms with Crippen LogP contribution in [0.4, 0.5) is 0 Å². The molecule has 0 amide bonds. The SMILES string of the molecule is CCCCCC1CC(=O)C(C(CO)OC(CO)C(O)C(C)O)CC1CCCC. The third kappa shape index (κ3) is 7.71. The van der Waals surface area contributed by atoms with Crippen LogP contribution in [-0.4, -0.2) is 63.8 Å². The number of unbranched alkanes of at least 4 members (excludes halogenated alkanes) is 3. The fraction of sp³-hybridized carbons (Fsp3) is 0.955. The van der Waals surface area contributed by atoms with Crippen LogP contribution in [0.15, 0.2) is 0 Å². The Kier molecular flexibility index (Phi) is 12.4. The van der Waals surface area contributed by atoms with E-state index in [1.165, 1.54) is 13.3 Å². The number of Topliss-reactive ketones (excluding diaryl/α,β-unsaturated/α-hetero) is 1. The van der Waals surface area contributed by atoms with E-state index in [1.807, 2.05) is 0 Å². The second-order valence-corrected chi connectivity index (χ2v) is 8.48. The Morgan fingerprint density at radius 2 is 1.64 bits per heavy atom. The second kappa shape index (κ2) is 13.6. The highest BCUT2D eigenvalue weighted by molar-refractivity contribution is 5.82. The summed E-state index contributed by atoms with van der Waals surface area (Å²) in [5.74, 6) is 0.519. The molecule has 28 heavy (non-hydrogen) atoms. The third-order valence-electron chi connectivity index (χ3n) is 6.24. The maximum atomic E-state index is 12.9. The van der Waals surface area contributed by atoms with Crippen LogP contribution in [0.1, 0.15) is 78.6 Å². The summed E-state index contributed by atoms with van der Waals surface area (Å²) in [5, 5.41) is 39.0. The van der Waals surface area contributed by atoms with Gasteiger partial charge in [-0.15, -0.1) is 0 Å². The van der Waals surface area contributed by atoms with Gasteiger partial charge in [-0.05, 0) is 31.6 Å². The summed E-state index contributed by atoms with van der Waals surface area (Å²) in [6.45, 7) is 4.93. The first-order valence-corrected chi connectivity index (χ1v) is 11.1. The molecule has 0 radical (unpaired) electrons. The first kappa shape index (κ1) is 25.5. The van der Waals surface area contributed by atoms with E-state index in [2.05, 4.69) is 13.8 Å². The Labute approximate surface area is 170 Å². The Bertz CT molecular complexity index is 427. The molecule has 1 aliphatic rings. The molecule has 6 heteroatoms. The molecule has 4 N–H and O–H groups in total. The predicted octanol–water partition coefficient (Wildman–Crippen LogP) is 2.45. The molecule has 6 nitrogen and oxygen atoms in total. The molecule has 0 aromatic heterocycles. The molecule has 0 bridgehead atoms. The molecule has 166 valence electrons. The Hall–Kier alpha value is -0.530. The van der Waals surface area contributed by atoms with Crippen molar-refractivity contribution in [1.29, 1.82) is 0 Å². The van der Waals surface area contributed by atoms with Crippen molar-refractivity contribution in [3.05, 3.63) is 0 Å². The first-order chi connectivity index (χ1) is 13.4.